The lowest BCUT2D eigenvalue weighted by Crippen LogP contribution is -2.28. The summed E-state index contributed by atoms with van der Waals surface area (Å²) in [6, 6.07) is 15.4. The van der Waals surface area contributed by atoms with E-state index < -0.39 is 10.0 Å². The van der Waals surface area contributed by atoms with Crippen molar-refractivity contribution < 1.29 is 13.2 Å². The second-order valence-electron chi connectivity index (χ2n) is 7.84. The van der Waals surface area contributed by atoms with E-state index in [-0.39, 0.29) is 22.9 Å². The standard InChI is InChI=1S/C23H24N6O4S/c1-27(2)34(32,33)19-10-8-18(9-11-19)22(30)24-12-13-29-21-20(14-26-29)23(31)28(16-25-21)15-17-6-4-3-5-7-17/h3-11,14,16H,12-13,15H2,1-2H3,(H,24,30). The molecule has 176 valence electrons. The maximum Gasteiger partial charge on any atom is 0.264 e. The molecule has 4 rings (SSSR count). The van der Waals surface area contributed by atoms with E-state index in [9.17, 15) is 18.0 Å². The molecule has 0 radical (unpaired) electrons. The lowest BCUT2D eigenvalue weighted by molar-refractivity contribution is 0.0952. The van der Waals surface area contributed by atoms with Crippen LogP contribution in [0.4, 0.5) is 0 Å². The first-order valence-electron chi connectivity index (χ1n) is 10.5. The Balaban J connectivity index is 1.40. The zero-order valence-electron chi connectivity index (χ0n) is 18.7. The van der Waals surface area contributed by atoms with Crippen molar-refractivity contribution >= 4 is 27.0 Å². The molecular weight excluding hydrogens is 456 g/mol. The Morgan fingerprint density at radius 3 is 2.44 bits per heavy atom. The molecule has 0 fully saturated rings. The third-order valence-corrected chi connectivity index (χ3v) is 7.15. The topological polar surface area (TPSA) is 119 Å². The Morgan fingerprint density at radius 1 is 1.06 bits per heavy atom. The second kappa shape index (κ2) is 9.57. The van der Waals surface area contributed by atoms with Crippen molar-refractivity contribution in [2.45, 2.75) is 18.0 Å². The molecule has 0 aliphatic rings. The highest BCUT2D eigenvalue weighted by Gasteiger charge is 2.17. The summed E-state index contributed by atoms with van der Waals surface area (Å²) in [4.78, 5) is 29.7. The van der Waals surface area contributed by atoms with E-state index in [4.69, 9.17) is 0 Å². The normalized spacial score (nSPS) is 11.7. The average Bonchev–Trinajstić information content (AvgIpc) is 3.25. The molecule has 1 N–H and O–H groups in total. The van der Waals surface area contributed by atoms with Crippen molar-refractivity contribution in [2.75, 3.05) is 20.6 Å². The summed E-state index contributed by atoms with van der Waals surface area (Å²) in [7, 11) is -0.662. The fourth-order valence-corrected chi connectivity index (χ4v) is 4.32. The molecule has 10 nitrogen and oxygen atoms in total. The molecule has 1 amide bonds. The number of hydrogen-bond donors (Lipinski definition) is 1. The monoisotopic (exact) mass is 480 g/mol. The van der Waals surface area contributed by atoms with Gasteiger partial charge >= 0.3 is 0 Å². The molecule has 0 aliphatic carbocycles. The Labute approximate surface area is 196 Å². The van der Waals surface area contributed by atoms with Crippen molar-refractivity contribution in [1.82, 2.24) is 29.0 Å². The molecule has 11 heteroatoms. The summed E-state index contributed by atoms with van der Waals surface area (Å²) in [6.07, 6.45) is 2.98. The molecule has 0 saturated carbocycles. The number of fused-ring (bicyclic) bond motifs is 1. The Morgan fingerprint density at radius 2 is 1.76 bits per heavy atom. The van der Waals surface area contributed by atoms with Crippen LogP contribution in [0.3, 0.4) is 0 Å². The van der Waals surface area contributed by atoms with Gasteiger partial charge < -0.3 is 5.32 Å². The van der Waals surface area contributed by atoms with E-state index in [1.165, 1.54) is 55.5 Å². The number of benzene rings is 2. The van der Waals surface area contributed by atoms with Gasteiger partial charge in [0.1, 0.15) is 11.7 Å². The van der Waals surface area contributed by atoms with E-state index in [1.54, 1.807) is 4.68 Å². The number of carbonyl (C=O) groups is 1. The molecule has 34 heavy (non-hydrogen) atoms. The van der Waals surface area contributed by atoms with Crippen LogP contribution in [0.2, 0.25) is 0 Å². The fraction of sp³-hybridized carbons (Fsp3) is 0.217. The molecule has 0 saturated heterocycles. The minimum atomic E-state index is -3.56. The van der Waals surface area contributed by atoms with Gasteiger partial charge in [-0.3, -0.25) is 14.2 Å². The molecule has 0 unspecified atom stereocenters. The van der Waals surface area contributed by atoms with Crippen LogP contribution < -0.4 is 10.9 Å². The molecule has 0 atom stereocenters. The maximum absolute atomic E-state index is 12.8. The van der Waals surface area contributed by atoms with Crippen LogP contribution in [0.1, 0.15) is 15.9 Å². The van der Waals surface area contributed by atoms with Crippen LogP contribution in [0.5, 0.6) is 0 Å². The van der Waals surface area contributed by atoms with Gasteiger partial charge in [0.25, 0.3) is 11.5 Å². The highest BCUT2D eigenvalue weighted by Crippen LogP contribution is 2.14. The minimum absolute atomic E-state index is 0.112. The Hall–Kier alpha value is -3.83. The quantitative estimate of drug-likeness (QED) is 0.406. The predicted molar refractivity (Wildman–Crippen MR) is 127 cm³/mol. The zero-order valence-corrected chi connectivity index (χ0v) is 19.6. The molecule has 0 aliphatic heterocycles. The van der Waals surface area contributed by atoms with Crippen molar-refractivity contribution in [3.8, 4) is 0 Å². The van der Waals surface area contributed by atoms with Crippen molar-refractivity contribution in [3.05, 3.63) is 88.6 Å². The summed E-state index contributed by atoms with van der Waals surface area (Å²) in [5.74, 6) is -0.344. The van der Waals surface area contributed by atoms with Gasteiger partial charge in [0.05, 0.1) is 24.2 Å². The number of aromatic nitrogens is 4. The first-order valence-corrected chi connectivity index (χ1v) is 12.0. The van der Waals surface area contributed by atoms with Crippen LogP contribution in [-0.4, -0.2) is 58.6 Å². The highest BCUT2D eigenvalue weighted by atomic mass is 32.2. The van der Waals surface area contributed by atoms with Gasteiger partial charge in [-0.25, -0.2) is 22.4 Å². The first-order chi connectivity index (χ1) is 16.3. The first kappa shape index (κ1) is 23.3. The number of amides is 1. The maximum atomic E-state index is 12.8. The second-order valence-corrected chi connectivity index (χ2v) is 9.99. The fourth-order valence-electron chi connectivity index (χ4n) is 3.42. The summed E-state index contributed by atoms with van der Waals surface area (Å²) in [6.45, 7) is 0.984. The number of nitrogens with one attached hydrogen (secondary N) is 1. The van der Waals surface area contributed by atoms with Crippen molar-refractivity contribution in [1.29, 1.82) is 0 Å². The van der Waals surface area contributed by atoms with Gasteiger partial charge in [0, 0.05) is 26.2 Å². The van der Waals surface area contributed by atoms with Gasteiger partial charge in [-0.1, -0.05) is 30.3 Å². The number of rotatable bonds is 8. The third kappa shape index (κ3) is 4.75. The largest absolute Gasteiger partial charge is 0.350 e. The molecule has 0 bridgehead atoms. The van der Waals surface area contributed by atoms with Gasteiger partial charge in [-0.15, -0.1) is 0 Å². The van der Waals surface area contributed by atoms with E-state index >= 15 is 0 Å². The van der Waals surface area contributed by atoms with Crippen LogP contribution in [0.15, 0.2) is 76.8 Å². The summed E-state index contributed by atoms with van der Waals surface area (Å²) in [5, 5.41) is 7.42. The highest BCUT2D eigenvalue weighted by molar-refractivity contribution is 7.89. The van der Waals surface area contributed by atoms with Crippen LogP contribution in [0, 0.1) is 0 Å². The average molecular weight is 481 g/mol. The predicted octanol–water partition coefficient (Wildman–Crippen LogP) is 1.32. The zero-order chi connectivity index (χ0) is 24.3. The van der Waals surface area contributed by atoms with E-state index in [2.05, 4.69) is 15.4 Å². The summed E-state index contributed by atoms with van der Waals surface area (Å²) in [5.41, 5.74) is 1.59. The van der Waals surface area contributed by atoms with E-state index in [0.29, 0.717) is 29.7 Å². The van der Waals surface area contributed by atoms with Crippen LogP contribution in [-0.2, 0) is 23.1 Å². The Bertz CT molecular complexity index is 1480. The number of nitrogens with zero attached hydrogens (tertiary/aromatic N) is 5. The SMILES string of the molecule is CN(C)S(=O)(=O)c1ccc(C(=O)NCCn2ncc3c(=O)n(Cc4ccccc4)cnc32)cc1. The molecule has 4 aromatic rings. The van der Waals surface area contributed by atoms with Crippen molar-refractivity contribution in [3.63, 3.8) is 0 Å². The molecular formula is C23H24N6O4S. The third-order valence-electron chi connectivity index (χ3n) is 5.32. The molecule has 0 spiro atoms. The van der Waals surface area contributed by atoms with Crippen LogP contribution in [0.25, 0.3) is 11.0 Å². The smallest absolute Gasteiger partial charge is 0.264 e. The number of hydrogen-bond acceptors (Lipinski definition) is 6. The lowest BCUT2D eigenvalue weighted by atomic mass is 10.2. The van der Waals surface area contributed by atoms with Crippen LogP contribution >= 0.6 is 0 Å². The van der Waals surface area contributed by atoms with Gasteiger partial charge in [-0.2, -0.15) is 5.10 Å². The number of sulfonamides is 1. The minimum Gasteiger partial charge on any atom is -0.350 e. The van der Waals surface area contributed by atoms with Gasteiger partial charge in [-0.05, 0) is 29.8 Å². The Kier molecular flexibility index (Phi) is 6.57. The lowest BCUT2D eigenvalue weighted by Gasteiger charge is -2.11. The van der Waals surface area contributed by atoms with Gasteiger partial charge in [0.2, 0.25) is 10.0 Å². The molecule has 2 aromatic carbocycles. The molecule has 2 aromatic heterocycles. The molecule has 2 heterocycles. The van der Waals surface area contributed by atoms with Gasteiger partial charge in [0.15, 0.2) is 5.65 Å². The van der Waals surface area contributed by atoms with Crippen molar-refractivity contribution in [2.24, 2.45) is 0 Å². The number of carbonyl (C=O) groups excluding carboxylic acids is 1. The summed E-state index contributed by atoms with van der Waals surface area (Å²) < 4.78 is 28.5. The van der Waals surface area contributed by atoms with E-state index in [1.807, 2.05) is 30.3 Å². The summed E-state index contributed by atoms with van der Waals surface area (Å²) >= 11 is 0. The van der Waals surface area contributed by atoms with E-state index in [0.717, 1.165) is 9.87 Å².